The zero-order chi connectivity index (χ0) is 13.1. The van der Waals surface area contributed by atoms with Gasteiger partial charge in [0, 0.05) is 30.7 Å². The van der Waals surface area contributed by atoms with Crippen molar-refractivity contribution in [2.24, 2.45) is 0 Å². The van der Waals surface area contributed by atoms with Gasteiger partial charge in [0.05, 0.1) is 5.02 Å². The van der Waals surface area contributed by atoms with Crippen LogP contribution in [-0.4, -0.2) is 42.2 Å². The van der Waals surface area contributed by atoms with Crippen LogP contribution in [0.25, 0.3) is 0 Å². The molecule has 2 rings (SSSR count). The lowest BCUT2D eigenvalue weighted by Gasteiger charge is -2.32. The zero-order valence-electron chi connectivity index (χ0n) is 9.70. The van der Waals surface area contributed by atoms with E-state index in [-0.39, 0.29) is 0 Å². The predicted molar refractivity (Wildman–Crippen MR) is 74.0 cm³/mol. The molecule has 1 aliphatic rings. The molecule has 1 aromatic rings. The fraction of sp³-hybridized carbons (Fsp3) is 0.417. The number of carbonyl (C=O) groups is 1. The molecule has 98 valence electrons. The molecule has 1 aromatic carbocycles. The Kier molecular flexibility index (Phi) is 4.61. The third-order valence-corrected chi connectivity index (χ3v) is 4.24. The molecular weight excluding hydrogens is 320 g/mol. The molecule has 1 saturated heterocycles. The lowest BCUT2D eigenvalue weighted by molar-refractivity contribution is -0.143. The number of hydrogen-bond acceptors (Lipinski definition) is 3. The molecule has 0 bridgehead atoms. The van der Waals surface area contributed by atoms with Gasteiger partial charge in [-0.3, -0.25) is 9.69 Å². The SMILES string of the molecule is O=C(O)C(c1ccc(Br)c(Cl)c1)N1CCNCC1. The first-order valence-electron chi connectivity index (χ1n) is 5.72. The van der Waals surface area contributed by atoms with Crippen LogP contribution in [0.1, 0.15) is 11.6 Å². The van der Waals surface area contributed by atoms with Crippen molar-refractivity contribution >= 4 is 33.5 Å². The second-order valence-electron chi connectivity index (χ2n) is 4.20. The second kappa shape index (κ2) is 6.02. The van der Waals surface area contributed by atoms with Crippen molar-refractivity contribution in [2.45, 2.75) is 6.04 Å². The molecule has 0 aromatic heterocycles. The molecule has 1 aliphatic heterocycles. The molecule has 18 heavy (non-hydrogen) atoms. The number of aliphatic carboxylic acids is 1. The van der Waals surface area contributed by atoms with Gasteiger partial charge in [-0.15, -0.1) is 0 Å². The van der Waals surface area contributed by atoms with E-state index in [1.807, 2.05) is 4.90 Å². The molecule has 0 spiro atoms. The van der Waals surface area contributed by atoms with Gasteiger partial charge in [-0.2, -0.15) is 0 Å². The highest BCUT2D eigenvalue weighted by Gasteiger charge is 2.28. The molecule has 1 atom stereocenters. The fourth-order valence-electron chi connectivity index (χ4n) is 2.13. The Hall–Kier alpha value is -0.620. The smallest absolute Gasteiger partial charge is 0.325 e. The number of carboxylic acids is 1. The number of rotatable bonds is 3. The number of benzene rings is 1. The Morgan fingerprint density at radius 3 is 2.67 bits per heavy atom. The Morgan fingerprint density at radius 1 is 1.44 bits per heavy atom. The minimum absolute atomic E-state index is 0.536. The molecule has 4 nitrogen and oxygen atoms in total. The predicted octanol–water partition coefficient (Wildman–Crippen LogP) is 2.13. The maximum absolute atomic E-state index is 11.5. The summed E-state index contributed by atoms with van der Waals surface area (Å²) in [6.07, 6.45) is 0. The van der Waals surface area contributed by atoms with E-state index in [0.717, 1.165) is 36.2 Å². The number of nitrogens with one attached hydrogen (secondary N) is 1. The highest BCUT2D eigenvalue weighted by molar-refractivity contribution is 9.10. The third kappa shape index (κ3) is 3.03. The van der Waals surface area contributed by atoms with E-state index in [1.54, 1.807) is 18.2 Å². The van der Waals surface area contributed by atoms with Crippen molar-refractivity contribution in [1.82, 2.24) is 10.2 Å². The average Bonchev–Trinajstić information content (AvgIpc) is 2.35. The summed E-state index contributed by atoms with van der Waals surface area (Å²) >= 11 is 9.34. The number of halogens is 2. The van der Waals surface area contributed by atoms with Gasteiger partial charge in [0.2, 0.25) is 0 Å². The lowest BCUT2D eigenvalue weighted by Crippen LogP contribution is -2.47. The van der Waals surface area contributed by atoms with Crippen LogP contribution in [0.15, 0.2) is 22.7 Å². The van der Waals surface area contributed by atoms with Crippen LogP contribution in [0.2, 0.25) is 5.02 Å². The molecule has 1 fully saturated rings. The normalized spacial score (nSPS) is 18.6. The van der Waals surface area contributed by atoms with E-state index in [2.05, 4.69) is 21.2 Å². The van der Waals surface area contributed by atoms with Gasteiger partial charge in [-0.25, -0.2) is 0 Å². The fourth-order valence-corrected chi connectivity index (χ4v) is 2.57. The molecule has 0 aliphatic carbocycles. The van der Waals surface area contributed by atoms with E-state index < -0.39 is 12.0 Å². The van der Waals surface area contributed by atoms with Gasteiger partial charge in [-0.05, 0) is 33.6 Å². The minimum Gasteiger partial charge on any atom is -0.480 e. The Balaban J connectivity index is 2.28. The van der Waals surface area contributed by atoms with E-state index in [0.29, 0.717) is 5.02 Å². The number of piperazine rings is 1. The highest BCUT2D eigenvalue weighted by atomic mass is 79.9. The van der Waals surface area contributed by atoms with Crippen LogP contribution in [0.3, 0.4) is 0 Å². The summed E-state index contributed by atoms with van der Waals surface area (Å²) < 4.78 is 0.775. The summed E-state index contributed by atoms with van der Waals surface area (Å²) in [5.74, 6) is -0.838. The second-order valence-corrected chi connectivity index (χ2v) is 5.46. The third-order valence-electron chi connectivity index (χ3n) is 3.01. The van der Waals surface area contributed by atoms with Crippen molar-refractivity contribution in [3.8, 4) is 0 Å². The van der Waals surface area contributed by atoms with Crippen molar-refractivity contribution < 1.29 is 9.90 Å². The summed E-state index contributed by atoms with van der Waals surface area (Å²) in [6, 6.07) is 4.68. The first-order valence-corrected chi connectivity index (χ1v) is 6.89. The average molecular weight is 334 g/mol. The molecule has 1 unspecified atom stereocenters. The summed E-state index contributed by atoms with van der Waals surface area (Å²) in [4.78, 5) is 13.4. The zero-order valence-corrected chi connectivity index (χ0v) is 12.0. The van der Waals surface area contributed by atoms with Crippen LogP contribution in [0, 0.1) is 0 Å². The van der Waals surface area contributed by atoms with E-state index >= 15 is 0 Å². The Bertz CT molecular complexity index is 450. The molecule has 1 heterocycles. The van der Waals surface area contributed by atoms with Crippen LogP contribution in [0.5, 0.6) is 0 Å². The van der Waals surface area contributed by atoms with Crippen LogP contribution < -0.4 is 5.32 Å². The van der Waals surface area contributed by atoms with Gasteiger partial charge >= 0.3 is 5.97 Å². The Labute approximate surface area is 119 Å². The monoisotopic (exact) mass is 332 g/mol. The maximum Gasteiger partial charge on any atom is 0.325 e. The van der Waals surface area contributed by atoms with Gasteiger partial charge in [0.15, 0.2) is 0 Å². The maximum atomic E-state index is 11.5. The molecule has 0 radical (unpaired) electrons. The lowest BCUT2D eigenvalue weighted by atomic mass is 10.0. The summed E-state index contributed by atoms with van der Waals surface area (Å²) in [7, 11) is 0. The van der Waals surface area contributed by atoms with Crippen molar-refractivity contribution in [2.75, 3.05) is 26.2 Å². The van der Waals surface area contributed by atoms with Gasteiger partial charge in [0.1, 0.15) is 6.04 Å². The van der Waals surface area contributed by atoms with Crippen molar-refractivity contribution in [3.05, 3.63) is 33.3 Å². The topological polar surface area (TPSA) is 52.6 Å². The van der Waals surface area contributed by atoms with Crippen molar-refractivity contribution in [3.63, 3.8) is 0 Å². The summed E-state index contributed by atoms with van der Waals surface area (Å²) in [5, 5.41) is 13.2. The summed E-state index contributed by atoms with van der Waals surface area (Å²) in [6.45, 7) is 3.08. The molecule has 6 heteroatoms. The number of hydrogen-bond donors (Lipinski definition) is 2. The van der Waals surface area contributed by atoms with Crippen LogP contribution in [-0.2, 0) is 4.79 Å². The van der Waals surface area contributed by atoms with Gasteiger partial charge in [-0.1, -0.05) is 17.7 Å². The standard InChI is InChI=1S/C12H14BrClN2O2/c13-9-2-1-8(7-10(9)14)11(12(17)18)16-5-3-15-4-6-16/h1-2,7,11,15H,3-6H2,(H,17,18). The highest BCUT2D eigenvalue weighted by Crippen LogP contribution is 2.29. The molecule has 2 N–H and O–H groups in total. The quantitative estimate of drug-likeness (QED) is 0.890. The van der Waals surface area contributed by atoms with E-state index in [1.165, 1.54) is 0 Å². The van der Waals surface area contributed by atoms with Crippen molar-refractivity contribution in [1.29, 1.82) is 0 Å². The molecular formula is C12H14BrClN2O2. The first-order chi connectivity index (χ1) is 8.59. The van der Waals surface area contributed by atoms with Crippen LogP contribution in [0.4, 0.5) is 0 Å². The molecule has 0 amide bonds. The van der Waals surface area contributed by atoms with Gasteiger partial charge in [0.25, 0.3) is 0 Å². The number of nitrogens with zero attached hydrogens (tertiary/aromatic N) is 1. The molecule has 0 saturated carbocycles. The van der Waals surface area contributed by atoms with E-state index in [9.17, 15) is 9.90 Å². The minimum atomic E-state index is -0.838. The summed E-state index contributed by atoms with van der Waals surface area (Å²) in [5.41, 5.74) is 0.720. The number of carboxylic acid groups (broad SMARTS) is 1. The Morgan fingerprint density at radius 2 is 2.11 bits per heavy atom. The van der Waals surface area contributed by atoms with Crippen LogP contribution >= 0.6 is 27.5 Å². The van der Waals surface area contributed by atoms with E-state index in [4.69, 9.17) is 11.6 Å². The van der Waals surface area contributed by atoms with Gasteiger partial charge < -0.3 is 10.4 Å². The first kappa shape index (κ1) is 13.8. The largest absolute Gasteiger partial charge is 0.480 e.